The second-order valence-corrected chi connectivity index (χ2v) is 9.68. The van der Waals surface area contributed by atoms with Crippen molar-refractivity contribution in [1.29, 1.82) is 0 Å². The van der Waals surface area contributed by atoms with E-state index in [0.717, 1.165) is 57.8 Å². The smallest absolute Gasteiger partial charge is 0.263 e. The van der Waals surface area contributed by atoms with Gasteiger partial charge in [0.15, 0.2) is 0 Å². The quantitative estimate of drug-likeness (QED) is 0.709. The van der Waals surface area contributed by atoms with Gasteiger partial charge in [0, 0.05) is 44.3 Å². The first-order valence-corrected chi connectivity index (χ1v) is 12.3. The number of pyridine rings is 1. The van der Waals surface area contributed by atoms with E-state index in [1.54, 1.807) is 0 Å². The molecule has 0 aliphatic carbocycles. The number of likely N-dealkylation sites (tertiary alicyclic amines) is 2. The average Bonchev–Trinajstić information content (AvgIpc) is 2.98. The van der Waals surface area contributed by atoms with Crippen LogP contribution >= 0.6 is 11.8 Å². The summed E-state index contributed by atoms with van der Waals surface area (Å²) in [4.78, 5) is 30.7. The summed E-state index contributed by atoms with van der Waals surface area (Å²) in [6.07, 6.45) is 9.04. The number of amides is 1. The second-order valence-electron chi connectivity index (χ2n) is 8.70. The molecule has 1 aromatic heterocycles. The van der Waals surface area contributed by atoms with Crippen LogP contribution in [0.4, 0.5) is 0 Å². The third-order valence-electron chi connectivity index (χ3n) is 6.63. The molecule has 3 aliphatic heterocycles. The Morgan fingerprint density at radius 3 is 2.64 bits per heavy atom. The average molecular weight is 404 g/mol. The molecule has 2 atom stereocenters. The Bertz CT molecular complexity index is 755. The Hall–Kier alpha value is -1.27. The molecule has 3 aliphatic rings. The highest BCUT2D eigenvalue weighted by molar-refractivity contribution is 7.98. The van der Waals surface area contributed by atoms with Crippen LogP contribution < -0.4 is 5.56 Å². The van der Waals surface area contributed by atoms with Gasteiger partial charge in [-0.15, -0.1) is 0 Å². The Morgan fingerprint density at radius 2 is 1.89 bits per heavy atom. The molecule has 0 unspecified atom stereocenters. The van der Waals surface area contributed by atoms with E-state index in [-0.39, 0.29) is 11.5 Å². The first-order chi connectivity index (χ1) is 13.7. The largest absolute Gasteiger partial charge is 0.338 e. The number of fused-ring (bicyclic) bond motifs is 4. The van der Waals surface area contributed by atoms with Crippen molar-refractivity contribution in [3.63, 3.8) is 0 Å². The van der Waals surface area contributed by atoms with Gasteiger partial charge in [-0.2, -0.15) is 11.8 Å². The summed E-state index contributed by atoms with van der Waals surface area (Å²) >= 11 is 1.91. The zero-order valence-electron chi connectivity index (χ0n) is 17.1. The molecule has 2 saturated heterocycles. The fourth-order valence-electron chi connectivity index (χ4n) is 5.27. The number of aromatic nitrogens is 1. The summed E-state index contributed by atoms with van der Waals surface area (Å²) in [5.74, 6) is 2.11. The van der Waals surface area contributed by atoms with Gasteiger partial charge in [0.1, 0.15) is 5.56 Å². The molecule has 6 heteroatoms. The van der Waals surface area contributed by atoms with Gasteiger partial charge in [0.05, 0.1) is 0 Å². The summed E-state index contributed by atoms with van der Waals surface area (Å²) in [5.41, 5.74) is 1.46. The van der Waals surface area contributed by atoms with Gasteiger partial charge in [0.25, 0.3) is 11.5 Å². The lowest BCUT2D eigenvalue weighted by atomic mass is 9.83. The Kier molecular flexibility index (Phi) is 6.46. The predicted octanol–water partition coefficient (Wildman–Crippen LogP) is 3.04. The van der Waals surface area contributed by atoms with Crippen LogP contribution in [0.2, 0.25) is 0 Å². The Labute approximate surface area is 172 Å². The molecule has 0 radical (unpaired) electrons. The normalized spacial score (nSPS) is 25.2. The van der Waals surface area contributed by atoms with Crippen LogP contribution in [-0.2, 0) is 6.54 Å². The highest BCUT2D eigenvalue weighted by atomic mass is 32.2. The van der Waals surface area contributed by atoms with E-state index in [4.69, 9.17) is 0 Å². The van der Waals surface area contributed by atoms with Crippen molar-refractivity contribution in [3.8, 4) is 0 Å². The zero-order chi connectivity index (χ0) is 19.5. The second kappa shape index (κ2) is 9.04. The summed E-state index contributed by atoms with van der Waals surface area (Å²) in [6.45, 7) is 5.63. The van der Waals surface area contributed by atoms with Gasteiger partial charge in [-0.25, -0.2) is 0 Å². The van der Waals surface area contributed by atoms with Gasteiger partial charge in [-0.05, 0) is 62.3 Å². The molecule has 0 spiro atoms. The molecule has 4 heterocycles. The van der Waals surface area contributed by atoms with Crippen molar-refractivity contribution < 1.29 is 4.79 Å². The van der Waals surface area contributed by atoms with Crippen LogP contribution in [0.15, 0.2) is 16.9 Å². The molecular weight excluding hydrogens is 370 g/mol. The van der Waals surface area contributed by atoms with Gasteiger partial charge in [-0.1, -0.05) is 12.8 Å². The molecule has 154 valence electrons. The van der Waals surface area contributed by atoms with E-state index >= 15 is 0 Å². The van der Waals surface area contributed by atoms with E-state index < -0.39 is 0 Å². The number of rotatable bonds is 5. The highest BCUT2D eigenvalue weighted by Crippen LogP contribution is 2.35. The molecule has 0 N–H and O–H groups in total. The van der Waals surface area contributed by atoms with Crippen molar-refractivity contribution in [2.24, 2.45) is 5.92 Å². The van der Waals surface area contributed by atoms with Crippen LogP contribution in [0.3, 0.4) is 0 Å². The molecule has 0 aromatic carbocycles. The van der Waals surface area contributed by atoms with Crippen LogP contribution in [0.1, 0.15) is 60.5 Å². The predicted molar refractivity (Wildman–Crippen MR) is 115 cm³/mol. The van der Waals surface area contributed by atoms with Crippen molar-refractivity contribution >= 4 is 17.7 Å². The monoisotopic (exact) mass is 403 g/mol. The fourth-order valence-corrected chi connectivity index (χ4v) is 5.68. The topological polar surface area (TPSA) is 45.6 Å². The minimum absolute atomic E-state index is 0.0581. The number of thioether (sulfide) groups is 1. The van der Waals surface area contributed by atoms with Gasteiger partial charge < -0.3 is 14.4 Å². The molecule has 2 bridgehead atoms. The Morgan fingerprint density at radius 1 is 1.11 bits per heavy atom. The molecule has 0 saturated carbocycles. The molecule has 28 heavy (non-hydrogen) atoms. The van der Waals surface area contributed by atoms with Crippen molar-refractivity contribution in [2.45, 2.75) is 51.0 Å². The number of piperidine rings is 1. The summed E-state index contributed by atoms with van der Waals surface area (Å²) in [6, 6.07) is 3.88. The number of hydrogen-bond donors (Lipinski definition) is 0. The third-order valence-corrected chi connectivity index (χ3v) is 7.32. The van der Waals surface area contributed by atoms with Crippen molar-refractivity contribution in [1.82, 2.24) is 14.4 Å². The Balaban J connectivity index is 1.53. The third kappa shape index (κ3) is 4.18. The van der Waals surface area contributed by atoms with E-state index in [9.17, 15) is 9.59 Å². The minimum Gasteiger partial charge on any atom is -0.338 e. The van der Waals surface area contributed by atoms with Gasteiger partial charge in [0.2, 0.25) is 0 Å². The van der Waals surface area contributed by atoms with E-state index in [1.807, 2.05) is 27.3 Å². The summed E-state index contributed by atoms with van der Waals surface area (Å²) < 4.78 is 1.93. The molecule has 2 fully saturated rings. The van der Waals surface area contributed by atoms with Crippen LogP contribution in [-0.4, -0.2) is 65.0 Å². The SMILES string of the molecule is CSCCCN1C[C@@H]2C[C@H](C1)c1ccc(C(=O)N3CCCCCC3)c(=O)n1C2. The summed E-state index contributed by atoms with van der Waals surface area (Å²) in [7, 11) is 0. The first-order valence-electron chi connectivity index (χ1n) is 10.9. The number of nitrogens with zero attached hydrogens (tertiary/aromatic N) is 3. The lowest BCUT2D eigenvalue weighted by Crippen LogP contribution is -2.48. The highest BCUT2D eigenvalue weighted by Gasteiger charge is 2.35. The lowest BCUT2D eigenvalue weighted by molar-refractivity contribution is 0.0756. The molecular formula is C22H33N3O2S. The minimum atomic E-state index is -0.0587. The molecule has 4 rings (SSSR count). The number of carbonyl (C=O) groups is 1. The zero-order valence-corrected chi connectivity index (χ0v) is 17.9. The van der Waals surface area contributed by atoms with E-state index in [2.05, 4.69) is 17.2 Å². The summed E-state index contributed by atoms with van der Waals surface area (Å²) in [5, 5.41) is 0. The lowest BCUT2D eigenvalue weighted by Gasteiger charge is -2.43. The maximum atomic E-state index is 13.2. The molecule has 1 aromatic rings. The molecule has 5 nitrogen and oxygen atoms in total. The number of carbonyl (C=O) groups excluding carboxylic acids is 1. The van der Waals surface area contributed by atoms with Crippen molar-refractivity contribution in [3.05, 3.63) is 33.7 Å². The number of hydrogen-bond acceptors (Lipinski definition) is 4. The van der Waals surface area contributed by atoms with Gasteiger partial charge >= 0.3 is 0 Å². The van der Waals surface area contributed by atoms with Crippen molar-refractivity contribution in [2.75, 3.05) is 44.7 Å². The van der Waals surface area contributed by atoms with E-state index in [1.165, 1.54) is 31.4 Å². The first kappa shape index (κ1) is 20.0. The standard InChI is InChI=1S/C22H33N3O2S/c1-28-12-6-9-23-14-17-13-18(16-23)20-8-7-19(22(27)25(20)15-17)21(26)24-10-4-2-3-5-11-24/h7-8,17-18H,2-6,9-16H2,1H3/t17-,18+/m0/s1. The van der Waals surface area contributed by atoms with E-state index in [0.29, 0.717) is 17.4 Å². The van der Waals surface area contributed by atoms with Crippen LogP contribution in [0, 0.1) is 5.92 Å². The van der Waals surface area contributed by atoms with Crippen LogP contribution in [0.5, 0.6) is 0 Å². The fraction of sp³-hybridized carbons (Fsp3) is 0.727. The maximum Gasteiger partial charge on any atom is 0.263 e. The maximum absolute atomic E-state index is 13.2. The van der Waals surface area contributed by atoms with Crippen LogP contribution in [0.25, 0.3) is 0 Å². The van der Waals surface area contributed by atoms with Gasteiger partial charge in [-0.3, -0.25) is 9.59 Å². The molecule has 1 amide bonds.